The Morgan fingerprint density at radius 2 is 2.11 bits per heavy atom. The molecule has 7 nitrogen and oxygen atoms in total. The molecule has 0 saturated carbocycles. The van der Waals surface area contributed by atoms with E-state index in [0.29, 0.717) is 27.8 Å². The number of aryl methyl sites for hydroxylation is 2. The van der Waals surface area contributed by atoms with E-state index >= 15 is 0 Å². The van der Waals surface area contributed by atoms with Crippen molar-refractivity contribution in [3.63, 3.8) is 0 Å². The van der Waals surface area contributed by atoms with E-state index in [2.05, 4.69) is 12.0 Å². The first-order valence-electron chi connectivity index (χ1n) is 8.47. The Morgan fingerprint density at radius 3 is 2.74 bits per heavy atom. The Kier molecular flexibility index (Phi) is 5.36. The lowest BCUT2D eigenvalue weighted by Crippen LogP contribution is -2.03. The van der Waals surface area contributed by atoms with Gasteiger partial charge in [0.2, 0.25) is 0 Å². The van der Waals surface area contributed by atoms with E-state index in [1.807, 2.05) is 12.1 Å². The van der Waals surface area contributed by atoms with Gasteiger partial charge in [0.05, 0.1) is 16.3 Å². The molecule has 0 atom stereocenters. The molecule has 0 N–H and O–H groups in total. The van der Waals surface area contributed by atoms with Gasteiger partial charge in [0, 0.05) is 4.88 Å². The molecular weight excluding hydrogens is 366 g/mol. The van der Waals surface area contributed by atoms with Gasteiger partial charge in [-0.25, -0.2) is 0 Å². The second-order valence-electron chi connectivity index (χ2n) is 6.06. The molecule has 3 aromatic heterocycles. The van der Waals surface area contributed by atoms with Crippen molar-refractivity contribution in [1.29, 1.82) is 0 Å². The van der Waals surface area contributed by atoms with Crippen LogP contribution in [0, 0.1) is 24.0 Å². The van der Waals surface area contributed by atoms with Crippen LogP contribution in [-0.2, 0) is 13.0 Å². The van der Waals surface area contributed by atoms with E-state index < -0.39 is 4.92 Å². The van der Waals surface area contributed by atoms with Gasteiger partial charge in [0.25, 0.3) is 0 Å². The highest BCUT2D eigenvalue weighted by atomic mass is 32.1. The lowest BCUT2D eigenvalue weighted by molar-refractivity contribution is -0.386. The third kappa shape index (κ3) is 4.06. The van der Waals surface area contributed by atoms with Gasteiger partial charge in [-0.05, 0) is 56.7 Å². The van der Waals surface area contributed by atoms with Gasteiger partial charge >= 0.3 is 5.69 Å². The molecule has 0 spiro atoms. The van der Waals surface area contributed by atoms with Crippen molar-refractivity contribution in [3.05, 3.63) is 73.1 Å². The van der Waals surface area contributed by atoms with Crippen LogP contribution in [0.5, 0.6) is 0 Å². The van der Waals surface area contributed by atoms with E-state index in [1.54, 1.807) is 36.7 Å². The number of carbonyl (C=O) groups is 1. The summed E-state index contributed by atoms with van der Waals surface area (Å²) in [6.45, 7) is 5.61. The van der Waals surface area contributed by atoms with Gasteiger partial charge in [-0.1, -0.05) is 6.92 Å². The van der Waals surface area contributed by atoms with Crippen LogP contribution in [0.4, 0.5) is 5.69 Å². The molecule has 0 aliphatic carbocycles. The maximum atomic E-state index is 12.2. The van der Waals surface area contributed by atoms with E-state index in [1.165, 1.54) is 22.3 Å². The number of allylic oxidation sites excluding steroid dienone is 1. The molecule has 0 aliphatic rings. The third-order valence-electron chi connectivity index (χ3n) is 4.17. The van der Waals surface area contributed by atoms with Crippen LogP contribution < -0.4 is 0 Å². The van der Waals surface area contributed by atoms with Gasteiger partial charge in [-0.15, -0.1) is 11.3 Å². The maximum absolute atomic E-state index is 12.2. The van der Waals surface area contributed by atoms with Crippen LogP contribution in [0.2, 0.25) is 0 Å². The highest BCUT2D eigenvalue weighted by Crippen LogP contribution is 2.23. The number of ketones is 1. The summed E-state index contributed by atoms with van der Waals surface area (Å²) < 4.78 is 7.24. The SMILES string of the molecule is CCc1ccc(C(=O)/C=C/c2ccc(Cn3nc(C)c([N+](=O)[O-])c3C)o2)s1. The maximum Gasteiger partial charge on any atom is 0.312 e. The zero-order chi connectivity index (χ0) is 19.6. The van der Waals surface area contributed by atoms with Crippen molar-refractivity contribution in [1.82, 2.24) is 9.78 Å². The smallest absolute Gasteiger partial charge is 0.312 e. The molecule has 27 heavy (non-hydrogen) atoms. The highest BCUT2D eigenvalue weighted by molar-refractivity contribution is 7.14. The van der Waals surface area contributed by atoms with Crippen molar-refractivity contribution in [2.45, 2.75) is 33.7 Å². The number of thiophene rings is 1. The second kappa shape index (κ2) is 7.71. The molecule has 0 bridgehead atoms. The van der Waals surface area contributed by atoms with E-state index in [-0.39, 0.29) is 18.0 Å². The van der Waals surface area contributed by atoms with Gasteiger partial charge in [0.15, 0.2) is 5.78 Å². The normalized spacial score (nSPS) is 11.4. The molecule has 0 amide bonds. The van der Waals surface area contributed by atoms with Crippen LogP contribution in [0.15, 0.2) is 34.8 Å². The summed E-state index contributed by atoms with van der Waals surface area (Å²) in [5.41, 5.74) is 0.873. The predicted octanol–water partition coefficient (Wildman–Crippen LogP) is 4.57. The minimum Gasteiger partial charge on any atom is -0.460 e. The monoisotopic (exact) mass is 385 g/mol. The minimum absolute atomic E-state index is 0.0228. The van der Waals surface area contributed by atoms with Gasteiger partial charge in [-0.3, -0.25) is 19.6 Å². The van der Waals surface area contributed by atoms with Gasteiger partial charge in [0.1, 0.15) is 22.9 Å². The van der Waals surface area contributed by atoms with E-state index in [9.17, 15) is 14.9 Å². The fraction of sp³-hybridized carbons (Fsp3) is 0.263. The molecule has 0 radical (unpaired) electrons. The third-order valence-corrected chi connectivity index (χ3v) is 5.41. The average Bonchev–Trinajstić information content (AvgIpc) is 3.33. The lowest BCUT2D eigenvalue weighted by atomic mass is 10.2. The summed E-state index contributed by atoms with van der Waals surface area (Å²) in [5.74, 6) is 1.08. The zero-order valence-electron chi connectivity index (χ0n) is 15.3. The Labute approximate surface area is 160 Å². The molecule has 0 fully saturated rings. The number of nitrogens with zero attached hydrogens (tertiary/aromatic N) is 3. The molecule has 0 saturated heterocycles. The van der Waals surface area contributed by atoms with Crippen LogP contribution in [0.1, 0.15) is 44.4 Å². The summed E-state index contributed by atoms with van der Waals surface area (Å²) >= 11 is 1.49. The van der Waals surface area contributed by atoms with Crippen LogP contribution in [0.3, 0.4) is 0 Å². The summed E-state index contributed by atoms with van der Waals surface area (Å²) in [6.07, 6.45) is 4.02. The first kappa shape index (κ1) is 18.8. The molecule has 0 unspecified atom stereocenters. The molecule has 140 valence electrons. The molecule has 3 aromatic rings. The van der Waals surface area contributed by atoms with Gasteiger partial charge in [-0.2, -0.15) is 5.10 Å². The van der Waals surface area contributed by atoms with E-state index in [4.69, 9.17) is 4.42 Å². The van der Waals surface area contributed by atoms with Crippen molar-refractivity contribution < 1.29 is 14.1 Å². The molecule has 8 heteroatoms. The summed E-state index contributed by atoms with van der Waals surface area (Å²) in [6, 6.07) is 7.32. The Hall–Kier alpha value is -3.00. The molecule has 0 aliphatic heterocycles. The molecule has 3 rings (SSSR count). The van der Waals surface area contributed by atoms with Crippen molar-refractivity contribution in [3.8, 4) is 0 Å². The number of carbonyl (C=O) groups excluding carboxylic acids is 1. The molecular formula is C19H19N3O4S. The minimum atomic E-state index is -0.426. The molecule has 0 aromatic carbocycles. The number of aromatic nitrogens is 2. The number of rotatable bonds is 7. The predicted molar refractivity (Wildman–Crippen MR) is 103 cm³/mol. The Morgan fingerprint density at radius 1 is 1.33 bits per heavy atom. The summed E-state index contributed by atoms with van der Waals surface area (Å²) in [5, 5.41) is 15.3. The largest absolute Gasteiger partial charge is 0.460 e. The first-order valence-corrected chi connectivity index (χ1v) is 9.29. The number of hydrogen-bond acceptors (Lipinski definition) is 6. The van der Waals surface area contributed by atoms with Crippen molar-refractivity contribution >= 4 is 28.9 Å². The number of nitro groups is 1. The average molecular weight is 385 g/mol. The van der Waals surface area contributed by atoms with Gasteiger partial charge < -0.3 is 4.42 Å². The van der Waals surface area contributed by atoms with Crippen LogP contribution in [0.25, 0.3) is 6.08 Å². The fourth-order valence-corrected chi connectivity index (χ4v) is 3.63. The zero-order valence-corrected chi connectivity index (χ0v) is 16.1. The number of hydrogen-bond donors (Lipinski definition) is 0. The van der Waals surface area contributed by atoms with Crippen LogP contribution in [-0.4, -0.2) is 20.5 Å². The lowest BCUT2D eigenvalue weighted by Gasteiger charge is -2.00. The molecule has 3 heterocycles. The Bertz CT molecular complexity index is 1030. The van der Waals surface area contributed by atoms with Crippen molar-refractivity contribution in [2.75, 3.05) is 0 Å². The summed E-state index contributed by atoms with van der Waals surface area (Å²) in [4.78, 5) is 24.7. The number of furan rings is 1. The van der Waals surface area contributed by atoms with E-state index in [0.717, 1.165) is 6.42 Å². The highest BCUT2D eigenvalue weighted by Gasteiger charge is 2.22. The fourth-order valence-electron chi connectivity index (χ4n) is 2.76. The van der Waals surface area contributed by atoms with Crippen molar-refractivity contribution in [2.24, 2.45) is 0 Å². The quantitative estimate of drug-likeness (QED) is 0.257. The van der Waals surface area contributed by atoms with Crippen LogP contribution >= 0.6 is 11.3 Å². The summed E-state index contributed by atoms with van der Waals surface area (Å²) in [7, 11) is 0. The first-order chi connectivity index (χ1) is 12.9. The standard InChI is InChI=1S/C19H19N3O4S/c1-4-16-8-10-18(27-16)17(23)9-7-14-5-6-15(26-14)11-21-13(3)19(22(24)25)12(2)20-21/h5-10H,4,11H2,1-3H3/b9-7+. The topological polar surface area (TPSA) is 91.2 Å². The Balaban J connectivity index is 1.71. The second-order valence-corrected chi connectivity index (χ2v) is 7.22.